The Hall–Kier alpha value is -3.77. The molecule has 0 unspecified atom stereocenters. The molecular formula is C29H28N2O3S. The molecule has 178 valence electrons. The van der Waals surface area contributed by atoms with E-state index in [9.17, 15) is 9.59 Å². The maximum Gasteiger partial charge on any atom is 0.350 e. The van der Waals surface area contributed by atoms with Crippen LogP contribution < -0.4 is 5.32 Å². The highest BCUT2D eigenvalue weighted by Gasteiger charge is 2.39. The molecule has 6 heteroatoms. The number of rotatable bonds is 8. The predicted molar refractivity (Wildman–Crippen MR) is 141 cm³/mol. The summed E-state index contributed by atoms with van der Waals surface area (Å²) in [5.41, 5.74) is 2.58. The van der Waals surface area contributed by atoms with Crippen LogP contribution in [0.5, 0.6) is 0 Å². The zero-order valence-corrected chi connectivity index (χ0v) is 20.8. The number of benzene rings is 3. The molecule has 0 radical (unpaired) electrons. The molecule has 0 aliphatic heterocycles. The molecule has 1 heterocycles. The van der Waals surface area contributed by atoms with Gasteiger partial charge in [-0.2, -0.15) is 0 Å². The molecule has 4 aromatic rings. The van der Waals surface area contributed by atoms with Crippen molar-refractivity contribution in [3.05, 3.63) is 107 Å². The van der Waals surface area contributed by atoms with Gasteiger partial charge in [0.1, 0.15) is 4.88 Å². The number of hydrogen-bond acceptors (Lipinski definition) is 5. The van der Waals surface area contributed by atoms with Crippen LogP contribution in [0.3, 0.4) is 0 Å². The lowest BCUT2D eigenvalue weighted by Crippen LogP contribution is -2.37. The summed E-state index contributed by atoms with van der Waals surface area (Å²) in [6, 6.07) is 29.5. The summed E-state index contributed by atoms with van der Waals surface area (Å²) in [4.78, 5) is 31.4. The van der Waals surface area contributed by atoms with Gasteiger partial charge in [-0.25, -0.2) is 9.78 Å². The van der Waals surface area contributed by atoms with Gasteiger partial charge in [0, 0.05) is 11.5 Å². The van der Waals surface area contributed by atoms with Gasteiger partial charge in [-0.15, -0.1) is 0 Å². The van der Waals surface area contributed by atoms with Gasteiger partial charge in [-0.05, 0) is 18.1 Å². The van der Waals surface area contributed by atoms with Crippen LogP contribution in [0.15, 0.2) is 91.0 Å². The molecule has 3 aromatic carbocycles. The molecule has 0 fully saturated rings. The molecule has 0 aliphatic carbocycles. The number of hydrogen-bond donors (Lipinski definition) is 1. The number of carbonyl (C=O) groups is 2. The van der Waals surface area contributed by atoms with Gasteiger partial charge in [0.25, 0.3) is 0 Å². The first-order chi connectivity index (χ1) is 16.9. The van der Waals surface area contributed by atoms with E-state index >= 15 is 0 Å². The van der Waals surface area contributed by atoms with Crippen LogP contribution in [-0.2, 0) is 9.53 Å². The fourth-order valence-corrected chi connectivity index (χ4v) is 5.08. The Kier molecular flexibility index (Phi) is 7.42. The predicted octanol–water partition coefficient (Wildman–Crippen LogP) is 6.78. The van der Waals surface area contributed by atoms with Gasteiger partial charge in [0.15, 0.2) is 5.13 Å². The Balaban J connectivity index is 1.69. The maximum atomic E-state index is 13.7. The molecule has 1 aromatic heterocycles. The van der Waals surface area contributed by atoms with Crippen LogP contribution >= 0.6 is 11.3 Å². The summed E-state index contributed by atoms with van der Waals surface area (Å²) >= 11 is 1.13. The summed E-state index contributed by atoms with van der Waals surface area (Å²) in [7, 11) is 0. The molecule has 35 heavy (non-hydrogen) atoms. The smallest absolute Gasteiger partial charge is 0.350 e. The first-order valence-corrected chi connectivity index (χ1v) is 12.4. The molecule has 0 bridgehead atoms. The van der Waals surface area contributed by atoms with Crippen molar-refractivity contribution in [3.63, 3.8) is 0 Å². The number of nitrogens with zero attached hydrogens (tertiary/aromatic N) is 1. The van der Waals surface area contributed by atoms with E-state index < -0.39 is 11.4 Å². The van der Waals surface area contributed by atoms with Gasteiger partial charge >= 0.3 is 5.97 Å². The highest BCUT2D eigenvalue weighted by atomic mass is 32.1. The number of ether oxygens (including phenoxy) is 1. The van der Waals surface area contributed by atoms with Crippen molar-refractivity contribution in [1.82, 2.24) is 4.98 Å². The molecule has 0 saturated heterocycles. The van der Waals surface area contributed by atoms with Gasteiger partial charge < -0.3 is 10.1 Å². The lowest BCUT2D eigenvalue weighted by Gasteiger charge is -2.33. The Labute approximate surface area is 209 Å². The SMILES string of the molecule is CCOC(=O)c1sc(NC(=O)C(C)(C)C(c2ccccc2)c2ccccc2)nc1-c1ccccc1. The minimum Gasteiger partial charge on any atom is -0.462 e. The standard InChI is InChI=1S/C29H28N2O3S/c1-4-34-26(32)25-24(22-18-12-7-13-19-22)30-28(35-25)31-27(33)29(2,3)23(20-14-8-5-9-15-20)21-16-10-6-11-17-21/h5-19,23H,4H2,1-3H3,(H,30,31,33). The average Bonchev–Trinajstić information content (AvgIpc) is 3.30. The van der Waals surface area contributed by atoms with Gasteiger partial charge in [0.05, 0.1) is 17.7 Å². The Morgan fingerprint density at radius 2 is 1.40 bits per heavy atom. The summed E-state index contributed by atoms with van der Waals surface area (Å²) in [6.45, 7) is 5.89. The number of thiazole rings is 1. The number of aromatic nitrogens is 1. The first-order valence-electron chi connectivity index (χ1n) is 11.6. The Morgan fingerprint density at radius 3 is 1.91 bits per heavy atom. The van der Waals surface area contributed by atoms with E-state index in [4.69, 9.17) is 4.74 Å². The van der Waals surface area contributed by atoms with Gasteiger partial charge in [-0.3, -0.25) is 4.79 Å². The largest absolute Gasteiger partial charge is 0.462 e. The van der Waals surface area contributed by atoms with Crippen LogP contribution in [0.2, 0.25) is 0 Å². The van der Waals surface area contributed by atoms with Crippen molar-refractivity contribution in [2.24, 2.45) is 5.41 Å². The fraction of sp³-hybridized carbons (Fsp3) is 0.207. The second kappa shape index (κ2) is 10.7. The molecule has 4 rings (SSSR count). The average molecular weight is 485 g/mol. The molecular weight excluding hydrogens is 456 g/mol. The van der Waals surface area contributed by atoms with Crippen molar-refractivity contribution in [2.45, 2.75) is 26.7 Å². The third-order valence-electron chi connectivity index (χ3n) is 5.93. The van der Waals surface area contributed by atoms with Crippen LogP contribution in [0.4, 0.5) is 5.13 Å². The zero-order valence-electron chi connectivity index (χ0n) is 20.0. The van der Waals surface area contributed by atoms with Crippen LogP contribution in [-0.4, -0.2) is 23.5 Å². The molecule has 0 aliphatic rings. The highest BCUT2D eigenvalue weighted by Crippen LogP contribution is 2.42. The van der Waals surface area contributed by atoms with Crippen molar-refractivity contribution < 1.29 is 14.3 Å². The zero-order chi connectivity index (χ0) is 24.8. The number of anilines is 1. The van der Waals surface area contributed by atoms with Crippen molar-refractivity contribution in [3.8, 4) is 11.3 Å². The summed E-state index contributed by atoms with van der Waals surface area (Å²) in [5, 5.41) is 3.36. The minimum absolute atomic E-state index is 0.178. The Morgan fingerprint density at radius 1 is 0.886 bits per heavy atom. The number of nitrogens with one attached hydrogen (secondary N) is 1. The highest BCUT2D eigenvalue weighted by molar-refractivity contribution is 7.18. The first kappa shape index (κ1) is 24.4. The normalized spacial score (nSPS) is 11.3. The molecule has 1 N–H and O–H groups in total. The third kappa shape index (κ3) is 5.33. The van der Waals surface area contributed by atoms with E-state index in [1.807, 2.05) is 105 Å². The van der Waals surface area contributed by atoms with E-state index in [0.717, 1.165) is 28.0 Å². The maximum absolute atomic E-state index is 13.7. The molecule has 1 amide bonds. The fourth-order valence-electron chi connectivity index (χ4n) is 4.21. The van der Waals surface area contributed by atoms with Gasteiger partial charge in [0.2, 0.25) is 5.91 Å². The summed E-state index contributed by atoms with van der Waals surface area (Å²) in [6.07, 6.45) is 0. The van der Waals surface area contributed by atoms with E-state index in [1.54, 1.807) is 6.92 Å². The van der Waals surface area contributed by atoms with Crippen molar-refractivity contribution >= 4 is 28.3 Å². The minimum atomic E-state index is -0.814. The van der Waals surface area contributed by atoms with E-state index in [2.05, 4.69) is 10.3 Å². The number of carbonyl (C=O) groups excluding carboxylic acids is 2. The van der Waals surface area contributed by atoms with E-state index in [1.165, 1.54) is 0 Å². The number of esters is 1. The lowest BCUT2D eigenvalue weighted by molar-refractivity contribution is -0.124. The molecule has 0 saturated carbocycles. The van der Waals surface area contributed by atoms with Crippen LogP contribution in [0.25, 0.3) is 11.3 Å². The third-order valence-corrected chi connectivity index (χ3v) is 6.88. The van der Waals surface area contributed by atoms with Crippen LogP contribution in [0.1, 0.15) is 47.5 Å². The van der Waals surface area contributed by atoms with Crippen molar-refractivity contribution in [2.75, 3.05) is 11.9 Å². The second-order valence-electron chi connectivity index (χ2n) is 8.71. The second-order valence-corrected chi connectivity index (χ2v) is 9.71. The summed E-state index contributed by atoms with van der Waals surface area (Å²) in [5.74, 6) is -0.808. The molecule has 5 nitrogen and oxygen atoms in total. The topological polar surface area (TPSA) is 68.3 Å². The summed E-state index contributed by atoms with van der Waals surface area (Å²) < 4.78 is 5.25. The molecule has 0 spiro atoms. The van der Waals surface area contributed by atoms with Crippen LogP contribution in [0, 0.1) is 5.41 Å². The van der Waals surface area contributed by atoms with Gasteiger partial charge in [-0.1, -0.05) is 116 Å². The monoisotopic (exact) mass is 484 g/mol. The lowest BCUT2D eigenvalue weighted by atomic mass is 9.70. The van der Waals surface area contributed by atoms with E-state index in [0.29, 0.717) is 15.7 Å². The van der Waals surface area contributed by atoms with E-state index in [-0.39, 0.29) is 18.4 Å². The molecule has 0 atom stereocenters. The van der Waals surface area contributed by atoms with Crippen molar-refractivity contribution in [1.29, 1.82) is 0 Å². The Bertz CT molecular complexity index is 1250. The quantitative estimate of drug-likeness (QED) is 0.280. The number of amides is 1.